The van der Waals surface area contributed by atoms with Crippen LogP contribution in [0.4, 0.5) is 0 Å². The second-order valence-electron chi connectivity index (χ2n) is 6.27. The van der Waals surface area contributed by atoms with Gasteiger partial charge in [-0.1, -0.05) is 66.2 Å². The van der Waals surface area contributed by atoms with Crippen LogP contribution in [0.1, 0.15) is 24.1 Å². The second kappa shape index (κ2) is 8.48. The van der Waals surface area contributed by atoms with E-state index < -0.39 is 0 Å². The first-order valence-electron chi connectivity index (χ1n) is 8.66. The molecule has 0 unspecified atom stereocenters. The maximum Gasteiger partial charge on any atom is 0.0602 e. The summed E-state index contributed by atoms with van der Waals surface area (Å²) in [4.78, 5) is 5.10. The highest BCUT2D eigenvalue weighted by atomic mass is 35.5. The van der Waals surface area contributed by atoms with Crippen molar-refractivity contribution in [3.8, 4) is 0 Å². The van der Waals surface area contributed by atoms with Crippen LogP contribution in [0.5, 0.6) is 0 Å². The van der Waals surface area contributed by atoms with E-state index in [-0.39, 0.29) is 0 Å². The maximum atomic E-state index is 6.09. The van der Waals surface area contributed by atoms with Gasteiger partial charge >= 0.3 is 0 Å². The van der Waals surface area contributed by atoms with Gasteiger partial charge in [-0.25, -0.2) is 0 Å². The average Bonchev–Trinajstić information content (AvgIpc) is 2.64. The van der Waals surface area contributed by atoms with Crippen molar-refractivity contribution in [3.63, 3.8) is 0 Å². The maximum absolute atomic E-state index is 6.09. The fourth-order valence-corrected chi connectivity index (χ4v) is 3.48. The van der Waals surface area contributed by atoms with Crippen LogP contribution in [0, 0.1) is 0 Å². The molecule has 0 aromatic heterocycles. The van der Waals surface area contributed by atoms with Crippen LogP contribution in [0.25, 0.3) is 0 Å². The predicted octanol–water partition coefficient (Wildman–Crippen LogP) is 4.62. The van der Waals surface area contributed by atoms with Crippen LogP contribution in [0.15, 0.2) is 66.7 Å². The summed E-state index contributed by atoms with van der Waals surface area (Å²) in [6.45, 7) is 7.53. The highest BCUT2D eigenvalue weighted by Crippen LogP contribution is 2.30. The van der Waals surface area contributed by atoms with Gasteiger partial charge in [-0.15, -0.1) is 0 Å². The lowest BCUT2D eigenvalue weighted by Crippen LogP contribution is -2.47. The minimum atomic E-state index is 0.298. The second-order valence-corrected chi connectivity index (χ2v) is 6.71. The van der Waals surface area contributed by atoms with E-state index in [1.165, 1.54) is 11.1 Å². The van der Waals surface area contributed by atoms with E-state index in [4.69, 9.17) is 11.6 Å². The van der Waals surface area contributed by atoms with E-state index in [1.807, 2.05) is 12.1 Å². The molecule has 0 bridgehead atoms. The molecular weight excluding hydrogens is 316 g/mol. The monoisotopic (exact) mass is 340 g/mol. The molecule has 0 saturated carbocycles. The van der Waals surface area contributed by atoms with E-state index in [9.17, 15) is 0 Å². The first-order chi connectivity index (χ1) is 11.8. The molecule has 1 aliphatic heterocycles. The minimum absolute atomic E-state index is 0.298. The molecule has 1 aliphatic rings. The summed E-state index contributed by atoms with van der Waals surface area (Å²) in [6.07, 6.45) is 4.37. The minimum Gasteiger partial charge on any atom is -0.297 e. The van der Waals surface area contributed by atoms with Gasteiger partial charge in [0.15, 0.2) is 0 Å². The number of benzene rings is 2. The van der Waals surface area contributed by atoms with Gasteiger partial charge in [0.2, 0.25) is 0 Å². The zero-order valence-corrected chi connectivity index (χ0v) is 15.0. The van der Waals surface area contributed by atoms with Gasteiger partial charge in [-0.3, -0.25) is 9.80 Å². The Balaban J connectivity index is 1.80. The number of nitrogens with zero attached hydrogens (tertiary/aromatic N) is 2. The Morgan fingerprint density at radius 1 is 0.917 bits per heavy atom. The molecule has 1 fully saturated rings. The number of hydrogen-bond acceptors (Lipinski definition) is 2. The molecule has 1 atom stereocenters. The number of hydrogen-bond donors (Lipinski definition) is 0. The predicted molar refractivity (Wildman–Crippen MR) is 103 cm³/mol. The molecule has 2 aromatic carbocycles. The van der Waals surface area contributed by atoms with Crippen molar-refractivity contribution in [1.82, 2.24) is 9.80 Å². The Labute approximate surface area is 150 Å². The number of halogens is 1. The van der Waals surface area contributed by atoms with Crippen molar-refractivity contribution in [2.45, 2.75) is 13.0 Å². The third-order valence-corrected chi connectivity index (χ3v) is 4.92. The first-order valence-corrected chi connectivity index (χ1v) is 9.03. The Morgan fingerprint density at radius 2 is 1.54 bits per heavy atom. The summed E-state index contributed by atoms with van der Waals surface area (Å²) in [7, 11) is 0. The van der Waals surface area contributed by atoms with Crippen molar-refractivity contribution in [1.29, 1.82) is 0 Å². The van der Waals surface area contributed by atoms with Gasteiger partial charge in [0.05, 0.1) is 6.04 Å². The summed E-state index contributed by atoms with van der Waals surface area (Å²) < 4.78 is 0. The van der Waals surface area contributed by atoms with E-state index in [1.54, 1.807) is 0 Å². The highest BCUT2D eigenvalue weighted by molar-refractivity contribution is 6.30. The summed E-state index contributed by atoms with van der Waals surface area (Å²) in [6, 6.07) is 19.4. The Hall–Kier alpha value is -1.61. The average molecular weight is 341 g/mol. The number of rotatable bonds is 5. The molecule has 1 heterocycles. The normalized spacial score (nSPS) is 18.1. The van der Waals surface area contributed by atoms with Gasteiger partial charge in [-0.05, 0) is 30.2 Å². The molecule has 3 rings (SSSR count). The molecular formula is C21H25ClN2. The van der Waals surface area contributed by atoms with Crippen LogP contribution >= 0.6 is 11.6 Å². The Morgan fingerprint density at radius 3 is 2.17 bits per heavy atom. The van der Waals surface area contributed by atoms with Crippen molar-refractivity contribution in [2.24, 2.45) is 0 Å². The lowest BCUT2D eigenvalue weighted by atomic mass is 9.96. The lowest BCUT2D eigenvalue weighted by molar-refractivity contribution is 0.117. The molecule has 3 heteroatoms. The lowest BCUT2D eigenvalue weighted by Gasteiger charge is -2.39. The van der Waals surface area contributed by atoms with Crippen molar-refractivity contribution in [3.05, 3.63) is 82.9 Å². The molecule has 0 aliphatic carbocycles. The summed E-state index contributed by atoms with van der Waals surface area (Å²) in [5.41, 5.74) is 2.66. The molecule has 2 aromatic rings. The molecule has 0 amide bonds. The van der Waals surface area contributed by atoms with Crippen molar-refractivity contribution < 1.29 is 0 Å². The highest BCUT2D eigenvalue weighted by Gasteiger charge is 2.25. The van der Waals surface area contributed by atoms with E-state index in [2.05, 4.69) is 71.3 Å². The molecule has 1 saturated heterocycles. The van der Waals surface area contributed by atoms with Gasteiger partial charge in [0.1, 0.15) is 0 Å². The molecule has 126 valence electrons. The molecule has 0 radical (unpaired) electrons. The van der Waals surface area contributed by atoms with Crippen molar-refractivity contribution >= 4 is 11.6 Å². The zero-order chi connectivity index (χ0) is 16.8. The SMILES string of the molecule is C/C=C/CN1CCN([C@H](c2ccccc2)c2ccc(Cl)cc2)CC1. The zero-order valence-electron chi connectivity index (χ0n) is 14.2. The van der Waals surface area contributed by atoms with E-state index in [0.717, 1.165) is 37.7 Å². The van der Waals surface area contributed by atoms with Gasteiger partial charge in [-0.2, -0.15) is 0 Å². The van der Waals surface area contributed by atoms with Crippen LogP contribution < -0.4 is 0 Å². The number of allylic oxidation sites excluding steroid dienone is 1. The van der Waals surface area contributed by atoms with Gasteiger partial charge < -0.3 is 0 Å². The Kier molecular flexibility index (Phi) is 6.08. The quantitative estimate of drug-likeness (QED) is 0.732. The van der Waals surface area contributed by atoms with Crippen molar-refractivity contribution in [2.75, 3.05) is 32.7 Å². The summed E-state index contributed by atoms with van der Waals surface area (Å²) in [5.74, 6) is 0. The smallest absolute Gasteiger partial charge is 0.0602 e. The summed E-state index contributed by atoms with van der Waals surface area (Å²) in [5, 5.41) is 0.793. The third-order valence-electron chi connectivity index (χ3n) is 4.67. The topological polar surface area (TPSA) is 6.48 Å². The number of piperazine rings is 1. The van der Waals surface area contributed by atoms with E-state index >= 15 is 0 Å². The van der Waals surface area contributed by atoms with Gasteiger partial charge in [0, 0.05) is 37.7 Å². The van der Waals surface area contributed by atoms with Crippen LogP contribution in [-0.2, 0) is 0 Å². The summed E-state index contributed by atoms with van der Waals surface area (Å²) >= 11 is 6.09. The fourth-order valence-electron chi connectivity index (χ4n) is 3.35. The van der Waals surface area contributed by atoms with E-state index in [0.29, 0.717) is 6.04 Å². The third kappa shape index (κ3) is 4.27. The fraction of sp³-hybridized carbons (Fsp3) is 0.333. The van der Waals surface area contributed by atoms with Crippen LogP contribution in [0.3, 0.4) is 0 Å². The molecule has 24 heavy (non-hydrogen) atoms. The molecule has 0 spiro atoms. The van der Waals surface area contributed by atoms with Crippen LogP contribution in [0.2, 0.25) is 5.02 Å². The Bertz CT molecular complexity index is 643. The first kappa shape index (κ1) is 17.2. The largest absolute Gasteiger partial charge is 0.297 e. The molecule has 2 nitrogen and oxygen atoms in total. The van der Waals surface area contributed by atoms with Gasteiger partial charge in [0.25, 0.3) is 0 Å². The molecule has 0 N–H and O–H groups in total. The standard InChI is InChI=1S/C21H25ClN2/c1-2-3-13-23-14-16-24(17-15-23)21(18-7-5-4-6-8-18)19-9-11-20(22)12-10-19/h2-12,21H,13-17H2,1H3/b3-2+/t21-/m1/s1. The van der Waals surface area contributed by atoms with Crippen LogP contribution in [-0.4, -0.2) is 42.5 Å².